The van der Waals surface area contributed by atoms with Gasteiger partial charge in [-0.1, -0.05) is 6.07 Å². The van der Waals surface area contributed by atoms with E-state index in [0.717, 1.165) is 10.4 Å². The number of anilines is 1. The summed E-state index contributed by atoms with van der Waals surface area (Å²) >= 11 is 1.31. The number of carbonyl (C=O) groups excluding carboxylic acids is 2. The second-order valence-corrected chi connectivity index (χ2v) is 6.12. The molecule has 0 spiro atoms. The van der Waals surface area contributed by atoms with Crippen molar-refractivity contribution in [3.8, 4) is 11.5 Å². The first-order chi connectivity index (χ1) is 10.9. The number of methoxy groups -OCH3 is 2. The van der Waals surface area contributed by atoms with Crippen molar-refractivity contribution in [1.82, 2.24) is 0 Å². The summed E-state index contributed by atoms with van der Waals surface area (Å²) in [7, 11) is 3.09. The highest BCUT2D eigenvalue weighted by molar-refractivity contribution is 7.16. The molecule has 0 unspecified atom stereocenters. The summed E-state index contributed by atoms with van der Waals surface area (Å²) in [6, 6.07) is 6.91. The number of carbonyl (C=O) groups is 2. The highest BCUT2D eigenvalue weighted by Crippen LogP contribution is 2.28. The lowest BCUT2D eigenvalue weighted by atomic mass is 10.1. The lowest BCUT2D eigenvalue weighted by Crippen LogP contribution is -2.18. The summed E-state index contributed by atoms with van der Waals surface area (Å²) in [5, 5.41) is 3.20. The molecule has 0 atom stereocenters. The first kappa shape index (κ1) is 16.8. The molecule has 0 aliphatic carbocycles. The second kappa shape index (κ2) is 7.15. The van der Waals surface area contributed by atoms with Crippen molar-refractivity contribution in [1.29, 1.82) is 0 Å². The molecule has 3 N–H and O–H groups in total. The quantitative estimate of drug-likeness (QED) is 0.848. The molecule has 2 aromatic rings. The van der Waals surface area contributed by atoms with Crippen LogP contribution in [0, 0.1) is 6.92 Å². The number of amides is 2. The third-order valence-corrected chi connectivity index (χ3v) is 4.18. The van der Waals surface area contributed by atoms with Crippen molar-refractivity contribution >= 4 is 28.2 Å². The van der Waals surface area contributed by atoms with Gasteiger partial charge in [-0.2, -0.15) is 0 Å². The molecule has 7 heteroatoms. The van der Waals surface area contributed by atoms with Gasteiger partial charge in [0.25, 0.3) is 5.91 Å². The standard InChI is InChI=1S/C16H18N2O4S/c1-9-6-12(15(17)20)16(23-9)18-14(19)7-10-4-5-11(21-2)8-13(10)22-3/h4-6,8H,7H2,1-3H3,(H2,17,20)(H,18,19). The highest BCUT2D eigenvalue weighted by Gasteiger charge is 2.16. The number of rotatable bonds is 6. The summed E-state index contributed by atoms with van der Waals surface area (Å²) in [6.07, 6.45) is 0.113. The zero-order valence-corrected chi connectivity index (χ0v) is 14.0. The Kier molecular flexibility index (Phi) is 5.23. The number of hydrogen-bond donors (Lipinski definition) is 2. The van der Waals surface area contributed by atoms with Crippen molar-refractivity contribution in [2.45, 2.75) is 13.3 Å². The molecule has 2 amide bonds. The molecular weight excluding hydrogens is 316 g/mol. The van der Waals surface area contributed by atoms with Crippen molar-refractivity contribution in [2.75, 3.05) is 19.5 Å². The van der Waals surface area contributed by atoms with Crippen LogP contribution in [0.3, 0.4) is 0 Å². The maximum absolute atomic E-state index is 12.2. The lowest BCUT2D eigenvalue weighted by Gasteiger charge is -2.10. The molecule has 1 heterocycles. The van der Waals surface area contributed by atoms with E-state index in [1.165, 1.54) is 18.4 Å². The summed E-state index contributed by atoms with van der Waals surface area (Å²) in [4.78, 5) is 24.5. The molecule has 0 bridgehead atoms. The number of nitrogens with two attached hydrogens (primary N) is 1. The van der Waals surface area contributed by atoms with Crippen molar-refractivity contribution in [3.05, 3.63) is 40.3 Å². The van der Waals surface area contributed by atoms with E-state index in [1.807, 2.05) is 6.92 Å². The minimum atomic E-state index is -0.563. The fraction of sp³-hybridized carbons (Fsp3) is 0.250. The predicted octanol–water partition coefficient (Wildman–Crippen LogP) is 2.35. The van der Waals surface area contributed by atoms with Gasteiger partial charge < -0.3 is 20.5 Å². The summed E-state index contributed by atoms with van der Waals surface area (Å²) in [5.74, 6) is 0.400. The molecule has 0 saturated heterocycles. The van der Waals surface area contributed by atoms with Gasteiger partial charge in [0.2, 0.25) is 5.91 Å². The van der Waals surface area contributed by atoms with Crippen molar-refractivity contribution < 1.29 is 19.1 Å². The highest BCUT2D eigenvalue weighted by atomic mass is 32.1. The molecule has 0 fully saturated rings. The van der Waals surface area contributed by atoms with E-state index in [4.69, 9.17) is 15.2 Å². The minimum Gasteiger partial charge on any atom is -0.497 e. The van der Waals surface area contributed by atoms with E-state index in [0.29, 0.717) is 22.1 Å². The van der Waals surface area contributed by atoms with Crippen LogP contribution >= 0.6 is 11.3 Å². The van der Waals surface area contributed by atoms with Gasteiger partial charge in [0.1, 0.15) is 16.5 Å². The molecule has 23 heavy (non-hydrogen) atoms. The molecule has 0 aliphatic rings. The summed E-state index contributed by atoms with van der Waals surface area (Å²) in [6.45, 7) is 1.85. The first-order valence-electron chi connectivity index (χ1n) is 6.85. The van der Waals surface area contributed by atoms with Crippen LogP contribution < -0.4 is 20.5 Å². The maximum Gasteiger partial charge on any atom is 0.251 e. The van der Waals surface area contributed by atoms with Gasteiger partial charge in [-0.25, -0.2) is 0 Å². The summed E-state index contributed by atoms with van der Waals surface area (Å²) < 4.78 is 10.4. The molecule has 0 radical (unpaired) electrons. The molecule has 122 valence electrons. The summed E-state index contributed by atoms with van der Waals surface area (Å²) in [5.41, 5.74) is 6.36. The number of aryl methyl sites for hydroxylation is 1. The van der Waals surface area contributed by atoms with Crippen LogP contribution in [0.1, 0.15) is 20.8 Å². The van der Waals surface area contributed by atoms with Crippen LogP contribution in [0.15, 0.2) is 24.3 Å². The molecule has 6 nitrogen and oxygen atoms in total. The third-order valence-electron chi connectivity index (χ3n) is 3.22. The Labute approximate surface area is 138 Å². The van der Waals surface area contributed by atoms with Gasteiger partial charge in [-0.15, -0.1) is 11.3 Å². The van der Waals surface area contributed by atoms with Gasteiger partial charge in [0, 0.05) is 16.5 Å². The Bertz CT molecular complexity index is 740. The van der Waals surface area contributed by atoms with Gasteiger partial charge in [0.05, 0.1) is 26.2 Å². The van der Waals surface area contributed by atoms with Crippen LogP contribution in [-0.2, 0) is 11.2 Å². The maximum atomic E-state index is 12.2. The van der Waals surface area contributed by atoms with Crippen LogP contribution in [0.4, 0.5) is 5.00 Å². The molecular formula is C16H18N2O4S. The Morgan fingerprint density at radius 2 is 1.96 bits per heavy atom. The monoisotopic (exact) mass is 334 g/mol. The van der Waals surface area contributed by atoms with E-state index < -0.39 is 5.91 Å². The first-order valence-corrected chi connectivity index (χ1v) is 7.67. The van der Waals surface area contributed by atoms with Gasteiger partial charge in [0.15, 0.2) is 0 Å². The van der Waals surface area contributed by atoms with Gasteiger partial charge in [-0.3, -0.25) is 9.59 Å². The zero-order chi connectivity index (χ0) is 17.0. The van der Waals surface area contributed by atoms with Crippen LogP contribution in [0.2, 0.25) is 0 Å². The zero-order valence-electron chi connectivity index (χ0n) is 13.1. The number of benzene rings is 1. The van der Waals surface area contributed by atoms with E-state index in [-0.39, 0.29) is 12.3 Å². The average molecular weight is 334 g/mol. The Morgan fingerprint density at radius 1 is 1.22 bits per heavy atom. The SMILES string of the molecule is COc1ccc(CC(=O)Nc2sc(C)cc2C(N)=O)c(OC)c1. The van der Waals surface area contributed by atoms with E-state index in [1.54, 1.807) is 31.4 Å². The normalized spacial score (nSPS) is 10.2. The number of thiophene rings is 1. The van der Waals surface area contributed by atoms with E-state index >= 15 is 0 Å². The predicted molar refractivity (Wildman–Crippen MR) is 89.5 cm³/mol. The van der Waals surface area contributed by atoms with Crippen molar-refractivity contribution in [3.63, 3.8) is 0 Å². The van der Waals surface area contributed by atoms with Gasteiger partial charge >= 0.3 is 0 Å². The fourth-order valence-electron chi connectivity index (χ4n) is 2.13. The average Bonchev–Trinajstić information content (AvgIpc) is 2.88. The molecule has 0 saturated carbocycles. The minimum absolute atomic E-state index is 0.113. The molecule has 2 rings (SSSR count). The Hall–Kier alpha value is -2.54. The number of nitrogens with one attached hydrogen (secondary N) is 1. The largest absolute Gasteiger partial charge is 0.497 e. The topological polar surface area (TPSA) is 90.6 Å². The molecule has 1 aromatic heterocycles. The van der Waals surface area contributed by atoms with Gasteiger partial charge in [-0.05, 0) is 19.1 Å². The third kappa shape index (κ3) is 4.01. The van der Waals surface area contributed by atoms with Crippen LogP contribution in [-0.4, -0.2) is 26.0 Å². The van der Waals surface area contributed by atoms with E-state index in [2.05, 4.69) is 5.32 Å². The van der Waals surface area contributed by atoms with Crippen LogP contribution in [0.25, 0.3) is 0 Å². The fourth-order valence-corrected chi connectivity index (χ4v) is 3.06. The number of ether oxygens (including phenoxy) is 2. The van der Waals surface area contributed by atoms with E-state index in [9.17, 15) is 9.59 Å². The molecule has 1 aromatic carbocycles. The van der Waals surface area contributed by atoms with Crippen molar-refractivity contribution in [2.24, 2.45) is 5.73 Å². The molecule has 0 aliphatic heterocycles. The lowest BCUT2D eigenvalue weighted by molar-refractivity contribution is -0.115. The second-order valence-electron chi connectivity index (χ2n) is 4.87. The number of hydrogen-bond acceptors (Lipinski definition) is 5. The number of primary amides is 1. The smallest absolute Gasteiger partial charge is 0.251 e. The Balaban J connectivity index is 2.16. The Morgan fingerprint density at radius 3 is 2.57 bits per heavy atom. The van der Waals surface area contributed by atoms with Crippen LogP contribution in [0.5, 0.6) is 11.5 Å².